The second-order valence-electron chi connectivity index (χ2n) is 7.75. The summed E-state index contributed by atoms with van der Waals surface area (Å²) in [5.74, 6) is -4.31. The lowest BCUT2D eigenvalue weighted by atomic mass is 10.0. The predicted octanol–water partition coefficient (Wildman–Crippen LogP) is 1.72. The Morgan fingerprint density at radius 3 is 2.47 bits per heavy atom. The van der Waals surface area contributed by atoms with Crippen LogP contribution in [0.2, 0.25) is 0 Å². The van der Waals surface area contributed by atoms with E-state index in [1.54, 1.807) is 42.5 Å². The summed E-state index contributed by atoms with van der Waals surface area (Å²) >= 11 is 0. The number of nitrogens with zero attached hydrogens (tertiary/aromatic N) is 2. The van der Waals surface area contributed by atoms with Crippen molar-refractivity contribution in [1.29, 1.82) is 0 Å². The average Bonchev–Trinajstić information content (AvgIpc) is 3.24. The van der Waals surface area contributed by atoms with Crippen LogP contribution in [-0.2, 0) is 30.0 Å². The van der Waals surface area contributed by atoms with Gasteiger partial charge in [0.25, 0.3) is 0 Å². The number of hydrogen-bond acceptors (Lipinski definition) is 6. The van der Waals surface area contributed by atoms with Crippen molar-refractivity contribution in [3.8, 4) is 0 Å². The minimum atomic E-state index is -3.75. The Morgan fingerprint density at radius 1 is 1.12 bits per heavy atom. The zero-order valence-corrected chi connectivity index (χ0v) is 18.2. The monoisotopic (exact) mass is 459 g/mol. The van der Waals surface area contributed by atoms with Gasteiger partial charge in [-0.1, -0.05) is 30.3 Å². The number of sulfone groups is 1. The largest absolute Gasteiger partial charge is 0.480 e. The van der Waals surface area contributed by atoms with Crippen LogP contribution in [0, 0.1) is 5.92 Å². The van der Waals surface area contributed by atoms with Crippen LogP contribution in [0.15, 0.2) is 54.9 Å². The third-order valence-corrected chi connectivity index (χ3v) is 6.93. The van der Waals surface area contributed by atoms with Crippen molar-refractivity contribution in [2.24, 2.45) is 5.92 Å². The number of carboxylic acid groups (broad SMARTS) is 1. The normalized spacial score (nSPS) is 17.0. The lowest BCUT2D eigenvalue weighted by Gasteiger charge is -2.26. The molecule has 10 heteroatoms. The quantitative estimate of drug-likeness (QED) is 0.583. The highest BCUT2D eigenvalue weighted by atomic mass is 32.2. The fraction of sp³-hybridized carbons (Fsp3) is 0.364. The van der Waals surface area contributed by atoms with Gasteiger partial charge in [0.2, 0.25) is 11.8 Å². The second-order valence-corrected chi connectivity index (χ2v) is 9.86. The standard InChI is InChI=1S/C22H25N3O6S/c26-20(24-18-8-10-23-11-9-18)13-17(21(27)25-12-4-7-19(25)22(28)29)15-32(30,31)14-16-5-2-1-3-6-16/h1-3,5-6,8-11,17,19H,4,7,12-15H2,(H,28,29)(H,23,24,26)/t17-,19-/m0/s1. The summed E-state index contributed by atoms with van der Waals surface area (Å²) < 4.78 is 25.7. The lowest BCUT2D eigenvalue weighted by molar-refractivity contribution is -0.149. The smallest absolute Gasteiger partial charge is 0.326 e. The van der Waals surface area contributed by atoms with E-state index in [1.165, 1.54) is 17.3 Å². The van der Waals surface area contributed by atoms with E-state index < -0.39 is 45.3 Å². The summed E-state index contributed by atoms with van der Waals surface area (Å²) in [7, 11) is -3.75. The van der Waals surface area contributed by atoms with Gasteiger partial charge in [0.15, 0.2) is 9.84 Å². The number of carbonyl (C=O) groups is 3. The highest BCUT2D eigenvalue weighted by molar-refractivity contribution is 7.90. The van der Waals surface area contributed by atoms with Gasteiger partial charge in [-0.15, -0.1) is 0 Å². The average molecular weight is 460 g/mol. The Balaban J connectivity index is 1.79. The number of benzene rings is 1. The highest BCUT2D eigenvalue weighted by Crippen LogP contribution is 2.23. The van der Waals surface area contributed by atoms with E-state index in [2.05, 4.69) is 10.3 Å². The van der Waals surface area contributed by atoms with Crippen LogP contribution in [0.25, 0.3) is 0 Å². The molecule has 2 heterocycles. The van der Waals surface area contributed by atoms with E-state index in [0.717, 1.165) is 0 Å². The van der Waals surface area contributed by atoms with Gasteiger partial charge in [-0.2, -0.15) is 0 Å². The second kappa shape index (κ2) is 10.4. The molecule has 1 saturated heterocycles. The molecule has 0 unspecified atom stereocenters. The molecule has 3 rings (SSSR count). The van der Waals surface area contributed by atoms with Crippen molar-refractivity contribution in [2.75, 3.05) is 17.6 Å². The van der Waals surface area contributed by atoms with Crippen molar-refractivity contribution in [3.63, 3.8) is 0 Å². The van der Waals surface area contributed by atoms with E-state index in [1.807, 2.05) is 0 Å². The third kappa shape index (κ3) is 6.36. The molecule has 2 amide bonds. The van der Waals surface area contributed by atoms with Gasteiger partial charge >= 0.3 is 5.97 Å². The number of aliphatic carboxylic acids is 1. The van der Waals surface area contributed by atoms with E-state index in [0.29, 0.717) is 24.1 Å². The van der Waals surface area contributed by atoms with Crippen LogP contribution in [0.5, 0.6) is 0 Å². The molecule has 1 aromatic carbocycles. The van der Waals surface area contributed by atoms with Gasteiger partial charge in [-0.3, -0.25) is 14.6 Å². The molecule has 0 spiro atoms. The van der Waals surface area contributed by atoms with Crippen LogP contribution >= 0.6 is 0 Å². The maximum atomic E-state index is 13.2. The number of pyridine rings is 1. The zero-order valence-electron chi connectivity index (χ0n) is 17.4. The molecule has 0 radical (unpaired) electrons. The van der Waals surface area contributed by atoms with Crippen molar-refractivity contribution in [1.82, 2.24) is 9.88 Å². The Morgan fingerprint density at radius 2 is 1.81 bits per heavy atom. The van der Waals surface area contributed by atoms with Gasteiger partial charge in [0.1, 0.15) is 6.04 Å². The Bertz CT molecular complexity index is 1060. The molecule has 2 atom stereocenters. The summed E-state index contributed by atoms with van der Waals surface area (Å²) in [4.78, 5) is 42.4. The van der Waals surface area contributed by atoms with Gasteiger partial charge in [-0.25, -0.2) is 13.2 Å². The maximum Gasteiger partial charge on any atom is 0.326 e. The number of nitrogens with one attached hydrogen (secondary N) is 1. The molecule has 1 aliphatic heterocycles. The summed E-state index contributed by atoms with van der Waals surface area (Å²) in [5, 5.41) is 12.0. The number of aromatic nitrogens is 1. The summed E-state index contributed by atoms with van der Waals surface area (Å²) in [6.45, 7) is 0.219. The molecule has 0 saturated carbocycles. The maximum absolute atomic E-state index is 13.2. The van der Waals surface area contributed by atoms with Crippen molar-refractivity contribution < 1.29 is 27.9 Å². The first-order chi connectivity index (χ1) is 15.2. The summed E-state index contributed by atoms with van der Waals surface area (Å²) in [5.41, 5.74) is 1.04. The molecule has 1 aromatic heterocycles. The first-order valence-electron chi connectivity index (χ1n) is 10.2. The fourth-order valence-corrected chi connectivity index (χ4v) is 5.50. The van der Waals surface area contributed by atoms with Crippen molar-refractivity contribution >= 4 is 33.3 Å². The first kappa shape index (κ1) is 23.4. The lowest BCUT2D eigenvalue weighted by Crippen LogP contribution is -2.46. The minimum Gasteiger partial charge on any atom is -0.480 e. The number of carbonyl (C=O) groups excluding carboxylic acids is 2. The molecular weight excluding hydrogens is 434 g/mol. The zero-order chi connectivity index (χ0) is 23.1. The summed E-state index contributed by atoms with van der Waals surface area (Å²) in [6.07, 6.45) is 3.41. The molecular formula is C22H25N3O6S. The Kier molecular flexibility index (Phi) is 7.57. The van der Waals surface area contributed by atoms with E-state index >= 15 is 0 Å². The van der Waals surface area contributed by atoms with Crippen LogP contribution in [0.3, 0.4) is 0 Å². The molecule has 9 nitrogen and oxygen atoms in total. The highest BCUT2D eigenvalue weighted by Gasteiger charge is 2.39. The van der Waals surface area contributed by atoms with Crippen molar-refractivity contribution in [3.05, 3.63) is 60.4 Å². The number of amides is 2. The Labute approximate surface area is 186 Å². The predicted molar refractivity (Wildman–Crippen MR) is 117 cm³/mol. The number of rotatable bonds is 9. The third-order valence-electron chi connectivity index (χ3n) is 5.25. The minimum absolute atomic E-state index is 0.219. The van der Waals surface area contributed by atoms with Crippen LogP contribution in [-0.4, -0.2) is 59.5 Å². The van der Waals surface area contributed by atoms with Gasteiger partial charge in [0.05, 0.1) is 17.4 Å². The molecule has 2 aromatic rings. The molecule has 0 aliphatic carbocycles. The SMILES string of the molecule is O=C(C[C@@H](CS(=O)(=O)Cc1ccccc1)C(=O)N1CCC[C@H]1C(=O)O)Nc1ccncc1. The topological polar surface area (TPSA) is 134 Å². The van der Waals surface area contributed by atoms with Crippen LogP contribution < -0.4 is 5.32 Å². The molecule has 0 bridgehead atoms. The number of carboxylic acids is 1. The Hall–Kier alpha value is -3.27. The van der Waals surface area contributed by atoms with Crippen LogP contribution in [0.4, 0.5) is 5.69 Å². The molecule has 1 fully saturated rings. The van der Waals surface area contributed by atoms with Crippen molar-refractivity contribution in [2.45, 2.75) is 31.1 Å². The van der Waals surface area contributed by atoms with Gasteiger partial charge in [-0.05, 0) is 30.5 Å². The number of hydrogen-bond donors (Lipinski definition) is 2. The van der Waals surface area contributed by atoms with Crippen LogP contribution in [0.1, 0.15) is 24.8 Å². The molecule has 170 valence electrons. The van der Waals surface area contributed by atoms with E-state index in [4.69, 9.17) is 0 Å². The molecule has 2 N–H and O–H groups in total. The number of anilines is 1. The summed E-state index contributed by atoms with van der Waals surface area (Å²) in [6, 6.07) is 10.7. The van der Waals surface area contributed by atoms with E-state index in [9.17, 15) is 27.9 Å². The van der Waals surface area contributed by atoms with Gasteiger partial charge < -0.3 is 15.3 Å². The number of likely N-dealkylation sites (tertiary alicyclic amines) is 1. The fourth-order valence-electron chi connectivity index (χ4n) is 3.80. The van der Waals surface area contributed by atoms with Gasteiger partial charge in [0, 0.05) is 31.0 Å². The molecule has 1 aliphatic rings. The molecule has 32 heavy (non-hydrogen) atoms. The first-order valence-corrected chi connectivity index (χ1v) is 12.0. The van der Waals surface area contributed by atoms with E-state index in [-0.39, 0.29) is 18.7 Å².